The lowest BCUT2D eigenvalue weighted by Gasteiger charge is -2.42. The highest BCUT2D eigenvalue weighted by molar-refractivity contribution is 6.74. The minimum atomic E-state index is -1.99. The first-order valence-electron chi connectivity index (χ1n) is 8.60. The van der Waals surface area contributed by atoms with E-state index in [0.29, 0.717) is 12.2 Å². The fraction of sp³-hybridized carbons (Fsp3) is 0.737. The number of hydrogen-bond donors (Lipinski definition) is 0. The molecule has 0 saturated carbocycles. The van der Waals surface area contributed by atoms with E-state index in [-0.39, 0.29) is 29.1 Å². The summed E-state index contributed by atoms with van der Waals surface area (Å²) >= 11 is 0. The summed E-state index contributed by atoms with van der Waals surface area (Å²) in [7, 11) is -0.337. The lowest BCUT2D eigenvalue weighted by atomic mass is 9.97. The fourth-order valence-corrected chi connectivity index (χ4v) is 3.54. The van der Waals surface area contributed by atoms with Crippen molar-refractivity contribution in [1.82, 2.24) is 0 Å². The topological polar surface area (TPSA) is 44.8 Å². The smallest absolute Gasteiger partial charge is 0.333 e. The van der Waals surface area contributed by atoms with Crippen LogP contribution in [0.5, 0.6) is 0 Å². The van der Waals surface area contributed by atoms with E-state index in [2.05, 4.69) is 40.4 Å². The molecule has 0 saturated heterocycles. The third kappa shape index (κ3) is 6.53. The van der Waals surface area contributed by atoms with Crippen molar-refractivity contribution in [3.63, 3.8) is 0 Å². The van der Waals surface area contributed by atoms with E-state index in [4.69, 9.17) is 13.9 Å². The maximum Gasteiger partial charge on any atom is 0.333 e. The van der Waals surface area contributed by atoms with Gasteiger partial charge in [0.25, 0.3) is 0 Å². The number of esters is 1. The SMILES string of the molecule is C=C[C@@H](OC)[C@@H](O[Si](C)(C)C(C)(C)C)[C@H](C)/C=C(/C)C(=O)OCC. The average molecular weight is 357 g/mol. The Labute approximate surface area is 149 Å². The lowest BCUT2D eigenvalue weighted by Crippen LogP contribution is -2.49. The second-order valence-corrected chi connectivity index (χ2v) is 12.5. The van der Waals surface area contributed by atoms with Gasteiger partial charge in [0.1, 0.15) is 6.10 Å². The summed E-state index contributed by atoms with van der Waals surface area (Å²) in [6.07, 6.45) is 3.24. The van der Waals surface area contributed by atoms with E-state index in [1.165, 1.54) is 0 Å². The zero-order chi connectivity index (χ0) is 19.1. The van der Waals surface area contributed by atoms with Crippen molar-refractivity contribution in [1.29, 1.82) is 0 Å². The van der Waals surface area contributed by atoms with Crippen LogP contribution in [-0.2, 0) is 18.7 Å². The van der Waals surface area contributed by atoms with Crippen LogP contribution < -0.4 is 0 Å². The molecule has 0 aliphatic carbocycles. The van der Waals surface area contributed by atoms with Gasteiger partial charge in [-0.2, -0.15) is 0 Å². The number of methoxy groups -OCH3 is 1. The summed E-state index contributed by atoms with van der Waals surface area (Å²) in [4.78, 5) is 11.9. The van der Waals surface area contributed by atoms with Gasteiger partial charge in [0.05, 0.1) is 12.7 Å². The predicted molar refractivity (Wildman–Crippen MR) is 103 cm³/mol. The zero-order valence-corrected chi connectivity index (χ0v) is 17.9. The molecule has 0 aliphatic heterocycles. The van der Waals surface area contributed by atoms with Crippen molar-refractivity contribution in [2.45, 2.75) is 71.9 Å². The summed E-state index contributed by atoms with van der Waals surface area (Å²) in [5.41, 5.74) is 0.590. The summed E-state index contributed by atoms with van der Waals surface area (Å²) in [5.74, 6) is -0.297. The van der Waals surface area contributed by atoms with Gasteiger partial charge in [-0.15, -0.1) is 6.58 Å². The van der Waals surface area contributed by atoms with E-state index in [0.717, 1.165) is 0 Å². The van der Waals surface area contributed by atoms with Crippen LogP contribution in [0.25, 0.3) is 0 Å². The van der Waals surface area contributed by atoms with Crippen molar-refractivity contribution < 1.29 is 18.7 Å². The van der Waals surface area contributed by atoms with Crippen LogP contribution in [0, 0.1) is 5.92 Å². The molecular weight excluding hydrogens is 320 g/mol. The zero-order valence-electron chi connectivity index (χ0n) is 16.9. The molecular formula is C19H36O4Si. The first kappa shape index (κ1) is 23.1. The van der Waals surface area contributed by atoms with Crippen LogP contribution in [0.3, 0.4) is 0 Å². The first-order valence-corrected chi connectivity index (χ1v) is 11.5. The Morgan fingerprint density at radius 1 is 1.29 bits per heavy atom. The van der Waals surface area contributed by atoms with Gasteiger partial charge in [0, 0.05) is 18.6 Å². The third-order valence-electron chi connectivity index (χ3n) is 4.69. The number of rotatable bonds is 9. The van der Waals surface area contributed by atoms with Crippen LogP contribution in [0.1, 0.15) is 41.5 Å². The Hall–Kier alpha value is -0.913. The van der Waals surface area contributed by atoms with Gasteiger partial charge in [0.15, 0.2) is 8.32 Å². The summed E-state index contributed by atoms with van der Waals surface area (Å²) < 4.78 is 17.2. The van der Waals surface area contributed by atoms with E-state index < -0.39 is 8.32 Å². The van der Waals surface area contributed by atoms with E-state index in [9.17, 15) is 4.79 Å². The maximum absolute atomic E-state index is 11.9. The van der Waals surface area contributed by atoms with Gasteiger partial charge in [-0.3, -0.25) is 0 Å². The lowest BCUT2D eigenvalue weighted by molar-refractivity contribution is -0.138. The van der Waals surface area contributed by atoms with Crippen molar-refractivity contribution in [2.24, 2.45) is 5.92 Å². The molecule has 0 aromatic heterocycles. The Morgan fingerprint density at radius 2 is 1.83 bits per heavy atom. The predicted octanol–water partition coefficient (Wildman–Crippen LogP) is 4.72. The Bertz CT molecular complexity index is 449. The molecule has 5 heteroatoms. The van der Waals surface area contributed by atoms with Crippen molar-refractivity contribution >= 4 is 14.3 Å². The van der Waals surface area contributed by atoms with Crippen LogP contribution in [0.15, 0.2) is 24.3 Å². The second-order valence-electron chi connectivity index (χ2n) is 7.71. The molecule has 0 aromatic carbocycles. The normalized spacial score (nSPS) is 17.1. The standard InChI is InChI=1S/C19H36O4Si/c1-11-16(21-8)17(23-24(9,10)19(5,6)7)14(3)13-15(4)18(20)22-12-2/h11,13-14,16-17H,1,12H2,2-10H3/b15-13-/t14-,16-,17+/m1/s1. The minimum absolute atomic E-state index is 0.00789. The van der Waals surface area contributed by atoms with Crippen LogP contribution in [0.4, 0.5) is 0 Å². The molecule has 0 fully saturated rings. The number of carbonyl (C=O) groups excluding carboxylic acids is 1. The molecule has 0 aromatic rings. The van der Waals surface area contributed by atoms with Crippen molar-refractivity contribution in [3.05, 3.63) is 24.3 Å². The largest absolute Gasteiger partial charge is 0.463 e. The molecule has 0 unspecified atom stereocenters. The monoisotopic (exact) mass is 356 g/mol. The van der Waals surface area contributed by atoms with Crippen molar-refractivity contribution in [2.75, 3.05) is 13.7 Å². The molecule has 0 radical (unpaired) electrons. The Morgan fingerprint density at radius 3 is 2.21 bits per heavy atom. The van der Waals surface area contributed by atoms with Gasteiger partial charge in [0.2, 0.25) is 0 Å². The van der Waals surface area contributed by atoms with Gasteiger partial charge in [-0.25, -0.2) is 4.79 Å². The van der Waals surface area contributed by atoms with Crippen LogP contribution in [0.2, 0.25) is 18.1 Å². The van der Waals surface area contributed by atoms with E-state index >= 15 is 0 Å². The van der Waals surface area contributed by atoms with Gasteiger partial charge >= 0.3 is 5.97 Å². The molecule has 0 heterocycles. The Kier molecular flexibility index (Phi) is 9.18. The summed E-state index contributed by atoms with van der Waals surface area (Å²) in [5, 5.41) is 0.0876. The Balaban J connectivity index is 5.53. The van der Waals surface area contributed by atoms with Crippen molar-refractivity contribution in [3.8, 4) is 0 Å². The molecule has 0 rings (SSSR count). The maximum atomic E-state index is 11.9. The number of hydrogen-bond acceptors (Lipinski definition) is 4. The van der Waals surface area contributed by atoms with Gasteiger partial charge < -0.3 is 13.9 Å². The highest BCUT2D eigenvalue weighted by Gasteiger charge is 2.41. The molecule has 140 valence electrons. The molecule has 0 bridgehead atoms. The minimum Gasteiger partial charge on any atom is -0.463 e. The number of ether oxygens (including phenoxy) is 2. The van der Waals surface area contributed by atoms with Crippen LogP contribution in [-0.4, -0.2) is 40.2 Å². The molecule has 3 atom stereocenters. The number of carbonyl (C=O) groups is 1. The molecule has 4 nitrogen and oxygen atoms in total. The van der Waals surface area contributed by atoms with Gasteiger partial charge in [-0.1, -0.05) is 39.8 Å². The second kappa shape index (κ2) is 9.54. The van der Waals surface area contributed by atoms with E-state index in [1.54, 1.807) is 27.0 Å². The molecule has 0 N–H and O–H groups in total. The fourth-order valence-electron chi connectivity index (χ4n) is 2.16. The quantitative estimate of drug-likeness (QED) is 0.259. The highest BCUT2D eigenvalue weighted by Crippen LogP contribution is 2.39. The van der Waals surface area contributed by atoms with Gasteiger partial charge in [-0.05, 0) is 32.0 Å². The molecule has 0 aliphatic rings. The first-order chi connectivity index (χ1) is 10.9. The molecule has 0 amide bonds. The highest BCUT2D eigenvalue weighted by atomic mass is 28.4. The van der Waals surface area contributed by atoms with Crippen LogP contribution >= 0.6 is 0 Å². The third-order valence-corrected chi connectivity index (χ3v) is 9.17. The molecule has 0 spiro atoms. The summed E-state index contributed by atoms with van der Waals surface area (Å²) in [6.45, 7) is 20.9. The average Bonchev–Trinajstić information content (AvgIpc) is 2.46. The van der Waals surface area contributed by atoms with E-state index in [1.807, 2.05) is 13.0 Å². The summed E-state index contributed by atoms with van der Waals surface area (Å²) in [6, 6.07) is 0. The molecule has 24 heavy (non-hydrogen) atoms.